The minimum absolute atomic E-state index is 0.0744. The van der Waals surface area contributed by atoms with Crippen molar-refractivity contribution in [1.29, 1.82) is 0 Å². The van der Waals surface area contributed by atoms with E-state index in [0.717, 1.165) is 26.8 Å². The Labute approximate surface area is 166 Å². The molecule has 3 nitrogen and oxygen atoms in total. The highest BCUT2D eigenvalue weighted by Gasteiger charge is 2.09. The lowest BCUT2D eigenvalue weighted by Crippen LogP contribution is -2.16. The molecule has 0 bridgehead atoms. The van der Waals surface area contributed by atoms with E-state index in [1.807, 2.05) is 24.3 Å². The van der Waals surface area contributed by atoms with Crippen LogP contribution in [0, 0.1) is 13.8 Å². The van der Waals surface area contributed by atoms with Crippen LogP contribution >= 0.6 is 34.7 Å². The van der Waals surface area contributed by atoms with Gasteiger partial charge in [-0.25, -0.2) is 0 Å². The molecule has 0 saturated carbocycles. The van der Waals surface area contributed by atoms with Gasteiger partial charge in [-0.05, 0) is 62.2 Å². The van der Waals surface area contributed by atoms with E-state index in [-0.39, 0.29) is 5.91 Å². The first-order valence-electron chi connectivity index (χ1n) is 8.54. The van der Waals surface area contributed by atoms with Crippen molar-refractivity contribution < 1.29 is 4.79 Å². The van der Waals surface area contributed by atoms with Gasteiger partial charge in [0.15, 0.2) is 4.80 Å². The Morgan fingerprint density at radius 2 is 1.96 bits per heavy atom. The van der Waals surface area contributed by atoms with Crippen molar-refractivity contribution in [3.63, 3.8) is 0 Å². The molecule has 0 fully saturated rings. The first-order valence-corrected chi connectivity index (χ1v) is 10.7. The summed E-state index contributed by atoms with van der Waals surface area (Å²) in [6, 6.07) is 12.0. The molecule has 3 rings (SSSR count). The van der Waals surface area contributed by atoms with E-state index in [4.69, 9.17) is 11.6 Å². The second kappa shape index (κ2) is 8.42. The minimum atomic E-state index is -0.0744. The Morgan fingerprint density at radius 3 is 2.65 bits per heavy atom. The van der Waals surface area contributed by atoms with Gasteiger partial charge in [-0.3, -0.25) is 4.79 Å². The van der Waals surface area contributed by atoms with E-state index in [1.165, 1.54) is 15.8 Å². The number of carbonyl (C=O) groups is 1. The van der Waals surface area contributed by atoms with Crippen molar-refractivity contribution in [3.05, 3.63) is 57.3 Å². The maximum Gasteiger partial charge on any atom is 0.249 e. The lowest BCUT2D eigenvalue weighted by Gasteiger charge is -2.03. The van der Waals surface area contributed by atoms with Crippen molar-refractivity contribution in [2.24, 2.45) is 4.99 Å². The number of nitrogens with zero attached hydrogens (tertiary/aromatic N) is 2. The highest BCUT2D eigenvalue weighted by atomic mass is 35.5. The van der Waals surface area contributed by atoms with E-state index in [0.29, 0.717) is 12.2 Å². The number of benzene rings is 2. The zero-order valence-electron chi connectivity index (χ0n) is 15.1. The van der Waals surface area contributed by atoms with Gasteiger partial charge in [-0.2, -0.15) is 4.99 Å². The molecule has 0 N–H and O–H groups in total. The summed E-state index contributed by atoms with van der Waals surface area (Å²) in [6.45, 7) is 7.10. The third-order valence-corrected chi connectivity index (χ3v) is 6.54. The zero-order valence-corrected chi connectivity index (χ0v) is 17.5. The van der Waals surface area contributed by atoms with Crippen LogP contribution in [0.15, 0.2) is 46.3 Å². The van der Waals surface area contributed by atoms with Crippen LogP contribution in [-0.4, -0.2) is 16.2 Å². The molecule has 136 valence electrons. The number of amides is 1. The van der Waals surface area contributed by atoms with Crippen LogP contribution in [0.2, 0.25) is 5.02 Å². The topological polar surface area (TPSA) is 34.4 Å². The number of fused-ring (bicyclic) bond motifs is 1. The van der Waals surface area contributed by atoms with E-state index in [9.17, 15) is 4.79 Å². The summed E-state index contributed by atoms with van der Waals surface area (Å²) in [7, 11) is 0. The Balaban J connectivity index is 1.77. The molecule has 1 amide bonds. The molecule has 3 aromatic rings. The number of aryl methyl sites for hydroxylation is 3. The highest BCUT2D eigenvalue weighted by molar-refractivity contribution is 7.99. The molecule has 0 aliphatic heterocycles. The molecule has 1 heterocycles. The molecular weight excluding hydrogens is 384 g/mol. The molecule has 0 aliphatic carbocycles. The van der Waals surface area contributed by atoms with Gasteiger partial charge >= 0.3 is 0 Å². The van der Waals surface area contributed by atoms with Crippen molar-refractivity contribution in [2.75, 3.05) is 5.75 Å². The molecule has 1 aromatic heterocycles. The third kappa shape index (κ3) is 4.40. The minimum Gasteiger partial charge on any atom is -0.317 e. The molecule has 0 aliphatic rings. The summed E-state index contributed by atoms with van der Waals surface area (Å²) in [5.74, 6) is 0.633. The van der Waals surface area contributed by atoms with E-state index in [2.05, 4.69) is 42.5 Å². The van der Waals surface area contributed by atoms with Crippen LogP contribution in [0.5, 0.6) is 0 Å². The first kappa shape index (κ1) is 19.2. The standard InChI is InChI=1S/C20H21ClN2OS2/c1-4-23-17-12-13(2)11-14(3)19(17)26-20(23)22-18(24)9-10-25-16-7-5-15(21)6-8-16/h5-8,11-12H,4,9-10H2,1-3H3. The second-order valence-electron chi connectivity index (χ2n) is 6.12. The number of thiazole rings is 1. The number of halogens is 1. The Morgan fingerprint density at radius 1 is 1.23 bits per heavy atom. The summed E-state index contributed by atoms with van der Waals surface area (Å²) in [4.78, 5) is 18.6. The first-order chi connectivity index (χ1) is 12.5. The van der Waals surface area contributed by atoms with Crippen molar-refractivity contribution in [1.82, 2.24) is 4.57 Å². The number of thioether (sulfide) groups is 1. The van der Waals surface area contributed by atoms with Crippen molar-refractivity contribution in [3.8, 4) is 0 Å². The molecule has 0 radical (unpaired) electrons. The molecule has 0 saturated heterocycles. The molecular formula is C20H21ClN2OS2. The number of aromatic nitrogens is 1. The Hall–Kier alpha value is -1.56. The number of rotatable bonds is 5. The predicted molar refractivity (Wildman–Crippen MR) is 112 cm³/mol. The molecule has 0 unspecified atom stereocenters. The van der Waals surface area contributed by atoms with Gasteiger partial charge in [0.25, 0.3) is 0 Å². The fraction of sp³-hybridized carbons (Fsp3) is 0.300. The van der Waals surface area contributed by atoms with Crippen LogP contribution in [0.3, 0.4) is 0 Å². The maximum atomic E-state index is 12.3. The fourth-order valence-electron chi connectivity index (χ4n) is 2.85. The maximum absolute atomic E-state index is 12.3. The lowest BCUT2D eigenvalue weighted by atomic mass is 10.1. The average molecular weight is 405 g/mol. The van der Waals surface area contributed by atoms with Crippen molar-refractivity contribution in [2.45, 2.75) is 38.6 Å². The highest BCUT2D eigenvalue weighted by Crippen LogP contribution is 2.24. The fourth-order valence-corrected chi connectivity index (χ4v) is 4.98. The van der Waals surface area contributed by atoms with Crippen molar-refractivity contribution >= 4 is 50.8 Å². The third-order valence-electron chi connectivity index (χ3n) is 4.05. The number of carbonyl (C=O) groups excluding carboxylic acids is 1. The molecule has 0 spiro atoms. The average Bonchev–Trinajstić information content (AvgIpc) is 2.94. The molecule has 26 heavy (non-hydrogen) atoms. The van der Waals surface area contributed by atoms with E-state index < -0.39 is 0 Å². The summed E-state index contributed by atoms with van der Waals surface area (Å²) >= 11 is 9.13. The van der Waals surface area contributed by atoms with Crippen LogP contribution in [0.1, 0.15) is 24.5 Å². The number of hydrogen-bond acceptors (Lipinski definition) is 3. The van der Waals surface area contributed by atoms with E-state index >= 15 is 0 Å². The Kier molecular flexibility index (Phi) is 6.22. The molecule has 0 atom stereocenters. The Bertz CT molecular complexity index is 1000. The van der Waals surface area contributed by atoms with Gasteiger partial charge in [-0.15, -0.1) is 11.8 Å². The summed E-state index contributed by atoms with van der Waals surface area (Å²) in [5.41, 5.74) is 3.63. The van der Waals surface area contributed by atoms with Gasteiger partial charge in [0, 0.05) is 28.6 Å². The predicted octanol–water partition coefficient (Wildman–Crippen LogP) is 5.60. The normalized spacial score (nSPS) is 12.1. The summed E-state index contributed by atoms with van der Waals surface area (Å²) in [6.07, 6.45) is 0.420. The van der Waals surface area contributed by atoms with Gasteiger partial charge in [0.05, 0.1) is 10.2 Å². The SMILES string of the molecule is CCn1c(=NC(=O)CCSc2ccc(Cl)cc2)sc2c(C)cc(C)cc21. The van der Waals surface area contributed by atoms with Crippen LogP contribution in [-0.2, 0) is 11.3 Å². The second-order valence-corrected chi connectivity index (χ2v) is 8.70. The van der Waals surface area contributed by atoms with Crippen LogP contribution in [0.25, 0.3) is 10.2 Å². The summed E-state index contributed by atoms with van der Waals surface area (Å²) in [5, 5.41) is 0.722. The van der Waals surface area contributed by atoms with Crippen LogP contribution < -0.4 is 4.80 Å². The molecule has 6 heteroatoms. The largest absolute Gasteiger partial charge is 0.317 e. The van der Waals surface area contributed by atoms with Gasteiger partial charge in [0.2, 0.25) is 5.91 Å². The van der Waals surface area contributed by atoms with E-state index in [1.54, 1.807) is 23.1 Å². The summed E-state index contributed by atoms with van der Waals surface area (Å²) < 4.78 is 3.34. The number of hydrogen-bond donors (Lipinski definition) is 0. The lowest BCUT2D eigenvalue weighted by molar-refractivity contribution is -0.117. The van der Waals surface area contributed by atoms with Crippen LogP contribution in [0.4, 0.5) is 0 Å². The van der Waals surface area contributed by atoms with Gasteiger partial charge in [0.1, 0.15) is 0 Å². The molecule has 2 aromatic carbocycles. The van der Waals surface area contributed by atoms with Gasteiger partial charge < -0.3 is 4.57 Å². The zero-order chi connectivity index (χ0) is 18.7. The smallest absolute Gasteiger partial charge is 0.249 e. The van der Waals surface area contributed by atoms with Gasteiger partial charge in [-0.1, -0.05) is 29.0 Å². The quantitative estimate of drug-likeness (QED) is 0.518. The monoisotopic (exact) mass is 404 g/mol.